The molecule has 2 aromatic rings. The highest BCUT2D eigenvalue weighted by Crippen LogP contribution is 2.30. The minimum absolute atomic E-state index is 0.288. The standard InChI is InChI=1S/C20H21NO/c1-15-7-9-17(10-8-15)18-11-19(13-20(22)12-18)21-14-16-5-3-2-4-6-16/h2-10,18H,11-14H2,1H3/t18-/m0/s1. The summed E-state index contributed by atoms with van der Waals surface area (Å²) in [4.78, 5) is 16.7. The van der Waals surface area contributed by atoms with Gasteiger partial charge in [-0.25, -0.2) is 0 Å². The molecule has 0 aromatic heterocycles. The summed E-state index contributed by atoms with van der Waals surface area (Å²) in [5, 5.41) is 0. The highest BCUT2D eigenvalue weighted by Gasteiger charge is 2.25. The molecule has 0 N–H and O–H groups in total. The van der Waals surface area contributed by atoms with Gasteiger partial charge in [0, 0.05) is 18.6 Å². The normalized spacial score (nSPS) is 20.3. The van der Waals surface area contributed by atoms with E-state index in [1.165, 1.54) is 16.7 Å². The van der Waals surface area contributed by atoms with Gasteiger partial charge in [-0.15, -0.1) is 0 Å². The average molecular weight is 291 g/mol. The number of nitrogens with zero attached hydrogens (tertiary/aromatic N) is 1. The van der Waals surface area contributed by atoms with E-state index in [-0.39, 0.29) is 5.92 Å². The first kappa shape index (κ1) is 14.7. The van der Waals surface area contributed by atoms with Crippen LogP contribution in [0.15, 0.2) is 59.6 Å². The lowest BCUT2D eigenvalue weighted by Crippen LogP contribution is -2.21. The van der Waals surface area contributed by atoms with Crippen molar-refractivity contribution in [3.05, 3.63) is 71.3 Å². The lowest BCUT2D eigenvalue weighted by molar-refractivity contribution is -0.118. The van der Waals surface area contributed by atoms with Crippen LogP contribution in [0.4, 0.5) is 0 Å². The Morgan fingerprint density at radius 2 is 1.73 bits per heavy atom. The van der Waals surface area contributed by atoms with Crippen molar-refractivity contribution >= 4 is 11.5 Å². The molecule has 22 heavy (non-hydrogen) atoms. The molecule has 0 heterocycles. The zero-order valence-corrected chi connectivity index (χ0v) is 13.0. The number of Topliss-reactive ketones (excluding diaryl/α,β-unsaturated/α-hetero) is 1. The molecular formula is C20H21NO. The summed E-state index contributed by atoms with van der Waals surface area (Å²) in [5.41, 5.74) is 4.75. The second kappa shape index (κ2) is 6.69. The SMILES string of the molecule is Cc1ccc([C@@H]2CC(=O)CC(=NCc3ccccc3)C2)cc1. The molecule has 0 unspecified atom stereocenters. The van der Waals surface area contributed by atoms with Crippen molar-refractivity contribution in [2.75, 3.05) is 0 Å². The molecule has 0 bridgehead atoms. The average Bonchev–Trinajstić information content (AvgIpc) is 2.54. The lowest BCUT2D eigenvalue weighted by Gasteiger charge is -2.23. The summed E-state index contributed by atoms with van der Waals surface area (Å²) in [6.07, 6.45) is 2.07. The summed E-state index contributed by atoms with van der Waals surface area (Å²) in [5.74, 6) is 0.597. The Morgan fingerprint density at radius 1 is 1.00 bits per heavy atom. The van der Waals surface area contributed by atoms with E-state index in [9.17, 15) is 4.79 Å². The molecule has 2 nitrogen and oxygen atoms in total. The van der Waals surface area contributed by atoms with Crippen LogP contribution in [0.5, 0.6) is 0 Å². The minimum atomic E-state index is 0.288. The molecule has 2 aromatic carbocycles. The molecule has 0 radical (unpaired) electrons. The van der Waals surface area contributed by atoms with Gasteiger partial charge in [-0.2, -0.15) is 0 Å². The van der Waals surface area contributed by atoms with E-state index >= 15 is 0 Å². The second-order valence-corrected chi connectivity index (χ2v) is 6.10. The van der Waals surface area contributed by atoms with Crippen LogP contribution in [0, 0.1) is 6.92 Å². The fourth-order valence-corrected chi connectivity index (χ4v) is 2.98. The molecule has 1 aliphatic rings. The lowest BCUT2D eigenvalue weighted by atomic mass is 9.82. The Morgan fingerprint density at radius 3 is 2.45 bits per heavy atom. The van der Waals surface area contributed by atoms with Crippen molar-refractivity contribution < 1.29 is 4.79 Å². The summed E-state index contributed by atoms with van der Waals surface area (Å²) in [6.45, 7) is 2.76. The smallest absolute Gasteiger partial charge is 0.139 e. The van der Waals surface area contributed by atoms with Crippen LogP contribution < -0.4 is 0 Å². The molecule has 3 rings (SSSR count). The first-order chi connectivity index (χ1) is 10.7. The number of aliphatic imine (C=N–C) groups is 1. The van der Waals surface area contributed by atoms with Gasteiger partial charge in [-0.1, -0.05) is 60.2 Å². The van der Waals surface area contributed by atoms with Gasteiger partial charge in [0.15, 0.2) is 0 Å². The third-order valence-corrected chi connectivity index (χ3v) is 4.23. The number of carbonyl (C=O) groups excluding carboxylic acids is 1. The van der Waals surface area contributed by atoms with Gasteiger partial charge in [0.2, 0.25) is 0 Å². The monoisotopic (exact) mass is 291 g/mol. The Hall–Kier alpha value is -2.22. The van der Waals surface area contributed by atoms with Gasteiger partial charge in [0.1, 0.15) is 5.78 Å². The Balaban J connectivity index is 1.73. The van der Waals surface area contributed by atoms with Crippen LogP contribution >= 0.6 is 0 Å². The molecule has 1 atom stereocenters. The van der Waals surface area contributed by atoms with Crippen LogP contribution in [0.1, 0.15) is 41.9 Å². The number of hydrogen-bond donors (Lipinski definition) is 0. The van der Waals surface area contributed by atoms with E-state index in [2.05, 4.69) is 43.3 Å². The minimum Gasteiger partial charge on any atom is -0.299 e. The largest absolute Gasteiger partial charge is 0.299 e. The molecule has 2 heteroatoms. The van der Waals surface area contributed by atoms with Gasteiger partial charge in [0.25, 0.3) is 0 Å². The van der Waals surface area contributed by atoms with Crippen LogP contribution in [0.25, 0.3) is 0 Å². The van der Waals surface area contributed by atoms with E-state index < -0.39 is 0 Å². The highest BCUT2D eigenvalue weighted by atomic mass is 16.1. The van der Waals surface area contributed by atoms with Gasteiger partial charge in [-0.05, 0) is 30.4 Å². The van der Waals surface area contributed by atoms with E-state index in [1.807, 2.05) is 18.2 Å². The molecule has 0 aliphatic heterocycles. The van der Waals surface area contributed by atoms with E-state index in [0.29, 0.717) is 25.2 Å². The summed E-state index contributed by atoms with van der Waals surface area (Å²) < 4.78 is 0. The van der Waals surface area contributed by atoms with E-state index in [1.54, 1.807) is 0 Å². The van der Waals surface area contributed by atoms with Crippen molar-refractivity contribution in [3.63, 3.8) is 0 Å². The van der Waals surface area contributed by atoms with Gasteiger partial charge in [-0.3, -0.25) is 9.79 Å². The van der Waals surface area contributed by atoms with Crippen molar-refractivity contribution in [2.45, 2.75) is 38.6 Å². The maximum atomic E-state index is 12.1. The van der Waals surface area contributed by atoms with Gasteiger partial charge >= 0.3 is 0 Å². The first-order valence-electron chi connectivity index (χ1n) is 7.85. The quantitative estimate of drug-likeness (QED) is 0.820. The molecule has 0 spiro atoms. The van der Waals surface area contributed by atoms with Gasteiger partial charge < -0.3 is 0 Å². The molecular weight excluding hydrogens is 270 g/mol. The van der Waals surface area contributed by atoms with Crippen molar-refractivity contribution in [1.29, 1.82) is 0 Å². The zero-order valence-electron chi connectivity index (χ0n) is 13.0. The van der Waals surface area contributed by atoms with Crippen LogP contribution in [0.3, 0.4) is 0 Å². The van der Waals surface area contributed by atoms with Crippen LogP contribution in [-0.2, 0) is 11.3 Å². The molecule has 112 valence electrons. The number of benzene rings is 2. The maximum absolute atomic E-state index is 12.1. The summed E-state index contributed by atoms with van der Waals surface area (Å²) in [7, 11) is 0. The Labute approximate surface area is 131 Å². The predicted octanol–water partition coefficient (Wildman–Crippen LogP) is 4.47. The number of rotatable bonds is 3. The van der Waals surface area contributed by atoms with Crippen LogP contribution in [0.2, 0.25) is 0 Å². The number of aryl methyl sites for hydroxylation is 1. The van der Waals surface area contributed by atoms with Crippen molar-refractivity contribution in [1.82, 2.24) is 0 Å². The topological polar surface area (TPSA) is 29.4 Å². The number of ketones is 1. The summed E-state index contributed by atoms with van der Waals surface area (Å²) in [6, 6.07) is 18.7. The zero-order chi connectivity index (χ0) is 15.4. The fourth-order valence-electron chi connectivity index (χ4n) is 2.98. The van der Waals surface area contributed by atoms with Crippen molar-refractivity contribution in [3.8, 4) is 0 Å². The molecule has 0 saturated heterocycles. The third-order valence-electron chi connectivity index (χ3n) is 4.23. The maximum Gasteiger partial charge on any atom is 0.139 e. The summed E-state index contributed by atoms with van der Waals surface area (Å²) >= 11 is 0. The van der Waals surface area contributed by atoms with Crippen molar-refractivity contribution in [2.24, 2.45) is 4.99 Å². The molecule has 1 saturated carbocycles. The molecule has 1 fully saturated rings. The highest BCUT2D eigenvalue weighted by molar-refractivity contribution is 6.05. The predicted molar refractivity (Wildman–Crippen MR) is 90.4 cm³/mol. The molecule has 0 amide bonds. The van der Waals surface area contributed by atoms with Gasteiger partial charge in [0.05, 0.1) is 6.54 Å². The number of hydrogen-bond acceptors (Lipinski definition) is 2. The Kier molecular flexibility index (Phi) is 4.47. The number of carbonyl (C=O) groups is 1. The van der Waals surface area contributed by atoms with E-state index in [4.69, 9.17) is 4.99 Å². The second-order valence-electron chi connectivity index (χ2n) is 6.10. The first-order valence-corrected chi connectivity index (χ1v) is 7.85. The fraction of sp³-hybridized carbons (Fsp3) is 0.300. The van der Waals surface area contributed by atoms with Crippen LogP contribution in [-0.4, -0.2) is 11.5 Å². The molecule has 1 aliphatic carbocycles. The Bertz CT molecular complexity index is 671. The third kappa shape index (κ3) is 3.70. The van der Waals surface area contributed by atoms with E-state index in [0.717, 1.165) is 12.1 Å².